The second-order valence-electron chi connectivity index (χ2n) is 6.08. The average Bonchev–Trinajstić information content (AvgIpc) is 2.64. The van der Waals surface area contributed by atoms with Crippen molar-refractivity contribution in [1.29, 1.82) is 0 Å². The van der Waals surface area contributed by atoms with Crippen LogP contribution in [0, 0.1) is 23.7 Å². The third-order valence-corrected chi connectivity index (χ3v) is 3.95. The summed E-state index contributed by atoms with van der Waals surface area (Å²) in [6, 6.07) is 0. The van der Waals surface area contributed by atoms with Gasteiger partial charge in [0.2, 0.25) is 5.97 Å². The first-order chi connectivity index (χ1) is 8.77. The van der Waals surface area contributed by atoms with Crippen molar-refractivity contribution in [3.63, 3.8) is 0 Å². The molecule has 1 unspecified atom stereocenters. The molecule has 0 aromatic heterocycles. The van der Waals surface area contributed by atoms with Crippen molar-refractivity contribution in [1.82, 2.24) is 0 Å². The van der Waals surface area contributed by atoms with E-state index < -0.39 is 10.8 Å². The van der Waals surface area contributed by atoms with Gasteiger partial charge < -0.3 is 17.6 Å². The quantitative estimate of drug-likeness (QED) is 0.335. The molecule has 0 radical (unpaired) electrons. The molecule has 1 heterocycles. The maximum Gasteiger partial charge on any atom is 2.00 e. The van der Waals surface area contributed by atoms with Crippen LogP contribution in [0.1, 0.15) is 33.6 Å². The number of hydrogen-bond donors (Lipinski definition) is 0. The molecule has 0 bridgehead atoms. The molecule has 0 N–H and O–H groups in total. The molecule has 20 heavy (non-hydrogen) atoms. The molecule has 1 saturated heterocycles. The van der Waals surface area contributed by atoms with E-state index in [0.29, 0.717) is 5.57 Å². The van der Waals surface area contributed by atoms with Gasteiger partial charge in [0.15, 0.2) is 5.78 Å². The average molecular weight is 361 g/mol. The Morgan fingerprint density at radius 2 is 2.15 bits per heavy atom. The van der Waals surface area contributed by atoms with Gasteiger partial charge in [0.05, 0.1) is 0 Å². The van der Waals surface area contributed by atoms with Crippen LogP contribution in [0.4, 0.5) is 0 Å². The molecule has 110 valence electrons. The molecule has 2 aliphatic rings. The zero-order valence-electron chi connectivity index (χ0n) is 12.1. The Hall–Kier alpha value is -0.757. The van der Waals surface area contributed by atoms with Gasteiger partial charge in [-0.25, -0.2) is 0 Å². The van der Waals surface area contributed by atoms with Crippen molar-refractivity contribution in [2.45, 2.75) is 39.7 Å². The standard InChI is InChI=1S/C16H20O3.Ru/c1-11(2)12(17)6-9-15(3,4)13-10-16(7-5-8-16)14(18)19-13;/h6-7,9-10,13H,1,5,8H2,2-4H3;/q-2;+2/b9-6+;/t13-,16?;/m0./s1. The van der Waals surface area contributed by atoms with Gasteiger partial charge in [0.25, 0.3) is 0 Å². The molecule has 2 rings (SSSR count). The maximum atomic E-state index is 11.9. The van der Waals surface area contributed by atoms with E-state index >= 15 is 0 Å². The fraction of sp³-hybridized carbons (Fsp3) is 0.500. The molecule has 1 aliphatic carbocycles. The normalized spacial score (nSPS) is 28.9. The summed E-state index contributed by atoms with van der Waals surface area (Å²) < 4.78 is 5.47. The van der Waals surface area contributed by atoms with Gasteiger partial charge in [0, 0.05) is 0 Å². The number of rotatable bonds is 4. The van der Waals surface area contributed by atoms with E-state index in [4.69, 9.17) is 4.74 Å². The van der Waals surface area contributed by atoms with E-state index in [9.17, 15) is 9.59 Å². The van der Waals surface area contributed by atoms with Gasteiger partial charge in [-0.2, -0.15) is 11.8 Å². The van der Waals surface area contributed by atoms with Crippen molar-refractivity contribution in [2.75, 3.05) is 0 Å². The van der Waals surface area contributed by atoms with Crippen molar-refractivity contribution in [2.24, 2.45) is 10.8 Å². The minimum Gasteiger partial charge on any atom is -0.498 e. The topological polar surface area (TPSA) is 43.4 Å². The summed E-state index contributed by atoms with van der Waals surface area (Å²) in [5.41, 5.74) is -0.356. The molecular formula is C16H20O3Ru. The van der Waals surface area contributed by atoms with Gasteiger partial charge in [0.1, 0.15) is 0 Å². The first-order valence-corrected chi connectivity index (χ1v) is 6.57. The van der Waals surface area contributed by atoms with E-state index in [1.54, 1.807) is 13.0 Å². The first-order valence-electron chi connectivity index (χ1n) is 6.57. The number of ketones is 1. The summed E-state index contributed by atoms with van der Waals surface area (Å²) in [6.07, 6.45) is 8.82. The Morgan fingerprint density at radius 3 is 2.55 bits per heavy atom. The first kappa shape index (κ1) is 17.3. The SMILES string of the molecule is C=C(C)C(=O)/C=C/C(C)(C)[C@@H]1[CH-]C2([CH-]CC2)C(=O)O1.[Ru+2]. The van der Waals surface area contributed by atoms with Gasteiger partial charge in [-0.05, 0) is 30.1 Å². The second-order valence-corrected chi connectivity index (χ2v) is 6.08. The minimum atomic E-state index is -0.464. The van der Waals surface area contributed by atoms with Crippen molar-refractivity contribution in [3.8, 4) is 0 Å². The molecule has 4 heteroatoms. The molecule has 2 atom stereocenters. The van der Waals surface area contributed by atoms with Crippen LogP contribution in [-0.2, 0) is 33.8 Å². The van der Waals surface area contributed by atoms with Gasteiger partial charge in [-0.1, -0.05) is 26.5 Å². The monoisotopic (exact) mass is 362 g/mol. The molecule has 0 amide bonds. The zero-order valence-corrected chi connectivity index (χ0v) is 13.8. The van der Waals surface area contributed by atoms with E-state index in [1.165, 1.54) is 6.08 Å². The Bertz CT molecular complexity index is 458. The summed E-state index contributed by atoms with van der Waals surface area (Å²) >= 11 is 0. The summed E-state index contributed by atoms with van der Waals surface area (Å²) in [5.74, 6) is -0.251. The number of carbonyl (C=O) groups excluding carboxylic acids is 2. The number of carbonyl (C=O) groups is 2. The molecule has 0 aromatic rings. The molecule has 0 aromatic carbocycles. The Labute approximate surface area is 133 Å². The Kier molecular flexibility index (Phi) is 5.13. The number of allylic oxidation sites excluding steroid dienone is 2. The smallest absolute Gasteiger partial charge is 0.498 e. The zero-order chi connectivity index (χ0) is 14.3. The molecule has 3 nitrogen and oxygen atoms in total. The van der Waals surface area contributed by atoms with Crippen LogP contribution in [0.5, 0.6) is 0 Å². The number of cyclic esters (lactones) is 1. The third-order valence-electron chi connectivity index (χ3n) is 3.95. The van der Waals surface area contributed by atoms with Gasteiger partial charge >= 0.3 is 19.5 Å². The van der Waals surface area contributed by atoms with Crippen LogP contribution in [-0.4, -0.2) is 17.9 Å². The maximum absolute atomic E-state index is 11.9. The molecule has 1 aliphatic heterocycles. The van der Waals surface area contributed by atoms with Crippen LogP contribution in [0.25, 0.3) is 0 Å². The fourth-order valence-corrected chi connectivity index (χ4v) is 2.28. The third kappa shape index (κ3) is 3.11. The Balaban J connectivity index is 0.00000200. The number of ether oxygens (including phenoxy) is 1. The Morgan fingerprint density at radius 1 is 1.55 bits per heavy atom. The van der Waals surface area contributed by atoms with Crippen molar-refractivity contribution >= 4 is 11.8 Å². The van der Waals surface area contributed by atoms with E-state index in [2.05, 4.69) is 6.58 Å². The fourth-order valence-electron chi connectivity index (χ4n) is 2.28. The van der Waals surface area contributed by atoms with Gasteiger partial charge in [-0.3, -0.25) is 9.59 Å². The molecule has 2 fully saturated rings. The van der Waals surface area contributed by atoms with Crippen molar-refractivity contribution < 1.29 is 33.8 Å². The number of hydrogen-bond acceptors (Lipinski definition) is 3. The summed E-state index contributed by atoms with van der Waals surface area (Å²) in [6.45, 7) is 9.21. The van der Waals surface area contributed by atoms with E-state index in [0.717, 1.165) is 12.8 Å². The van der Waals surface area contributed by atoms with Gasteiger partial charge in [-0.15, -0.1) is 6.42 Å². The van der Waals surface area contributed by atoms with E-state index in [-0.39, 0.29) is 37.3 Å². The summed E-state index contributed by atoms with van der Waals surface area (Å²) in [4.78, 5) is 23.4. The van der Waals surface area contributed by atoms with Crippen LogP contribution in [0.15, 0.2) is 24.3 Å². The van der Waals surface area contributed by atoms with Crippen LogP contribution < -0.4 is 0 Å². The second kappa shape index (κ2) is 5.93. The predicted octanol–water partition coefficient (Wildman–Crippen LogP) is 2.83. The summed E-state index contributed by atoms with van der Waals surface area (Å²) in [7, 11) is 0. The van der Waals surface area contributed by atoms with E-state index in [1.807, 2.05) is 26.7 Å². The number of esters is 1. The predicted molar refractivity (Wildman–Crippen MR) is 72.9 cm³/mol. The van der Waals surface area contributed by atoms with Crippen LogP contribution >= 0.6 is 0 Å². The summed E-state index contributed by atoms with van der Waals surface area (Å²) in [5, 5.41) is 0. The molecular weight excluding hydrogens is 341 g/mol. The van der Waals surface area contributed by atoms with Crippen LogP contribution in [0.3, 0.4) is 0 Å². The largest absolute Gasteiger partial charge is 2.00 e. The van der Waals surface area contributed by atoms with Crippen LogP contribution in [0.2, 0.25) is 0 Å². The molecule has 1 saturated carbocycles. The van der Waals surface area contributed by atoms with Crippen molar-refractivity contribution in [3.05, 3.63) is 37.1 Å². The minimum absolute atomic E-state index is 0. The molecule has 1 spiro atoms.